The lowest BCUT2D eigenvalue weighted by molar-refractivity contribution is 0.247. The van der Waals surface area contributed by atoms with E-state index in [1.54, 1.807) is 46.7 Å². The van der Waals surface area contributed by atoms with E-state index in [0.717, 1.165) is 16.8 Å². The molecule has 0 fully saturated rings. The van der Waals surface area contributed by atoms with Gasteiger partial charge in [-0.25, -0.2) is 9.78 Å². The van der Waals surface area contributed by atoms with Crippen LogP contribution in [0.2, 0.25) is 0 Å². The van der Waals surface area contributed by atoms with Gasteiger partial charge in [-0.15, -0.1) is 0 Å². The highest BCUT2D eigenvalue weighted by molar-refractivity contribution is 7.08. The molecule has 4 aromatic rings. The summed E-state index contributed by atoms with van der Waals surface area (Å²) in [6.45, 7) is 0.369. The van der Waals surface area contributed by atoms with E-state index in [1.165, 1.54) is 0 Å². The van der Waals surface area contributed by atoms with Gasteiger partial charge in [0.25, 0.3) is 0 Å². The van der Waals surface area contributed by atoms with Gasteiger partial charge >= 0.3 is 6.03 Å². The molecule has 0 unspecified atom stereocenters. The molecule has 9 heteroatoms. The molecular formula is C20H13N7OS. The van der Waals surface area contributed by atoms with Gasteiger partial charge in [-0.3, -0.25) is 9.88 Å². The van der Waals surface area contributed by atoms with Crippen LogP contribution in [0.25, 0.3) is 32.7 Å². The molecule has 4 heterocycles. The second-order valence-corrected chi connectivity index (χ2v) is 7.19. The third kappa shape index (κ3) is 2.94. The number of hydrogen-bond acceptors (Lipinski definition) is 5. The second-order valence-electron chi connectivity index (χ2n) is 6.41. The van der Waals surface area contributed by atoms with Crippen LogP contribution in [0.3, 0.4) is 0 Å². The van der Waals surface area contributed by atoms with Crippen LogP contribution in [-0.4, -0.2) is 16.0 Å². The first-order valence-electron chi connectivity index (χ1n) is 8.79. The molecule has 5 rings (SSSR count). The number of urea groups is 1. The lowest BCUT2D eigenvalue weighted by Gasteiger charge is -2.30. The Morgan fingerprint density at radius 3 is 3.00 bits per heavy atom. The molecule has 29 heavy (non-hydrogen) atoms. The minimum absolute atomic E-state index is 0.272. The number of hydrogen-bond donors (Lipinski definition) is 1. The zero-order valence-corrected chi connectivity index (χ0v) is 15.8. The maximum absolute atomic E-state index is 12.8. The van der Waals surface area contributed by atoms with Crippen molar-refractivity contribution < 1.29 is 4.79 Å². The molecule has 2 amide bonds. The Morgan fingerprint density at radius 2 is 2.17 bits per heavy atom. The summed E-state index contributed by atoms with van der Waals surface area (Å²) in [5.74, 6) is 0. The number of rotatable bonds is 3. The third-order valence-electron chi connectivity index (χ3n) is 4.68. The van der Waals surface area contributed by atoms with Crippen LogP contribution in [-0.2, 0) is 6.54 Å². The van der Waals surface area contributed by atoms with Crippen molar-refractivity contribution in [2.45, 2.75) is 6.54 Å². The van der Waals surface area contributed by atoms with Gasteiger partial charge in [-0.05, 0) is 41.2 Å². The van der Waals surface area contributed by atoms with E-state index in [0.29, 0.717) is 34.6 Å². The maximum atomic E-state index is 12.8. The van der Waals surface area contributed by atoms with Crippen LogP contribution in [0, 0.1) is 0 Å². The van der Waals surface area contributed by atoms with Gasteiger partial charge in [0.1, 0.15) is 5.52 Å². The molecule has 0 radical (unpaired) electrons. The predicted octanol–water partition coefficient (Wildman–Crippen LogP) is 5.66. The number of anilines is 2. The number of pyridine rings is 2. The highest BCUT2D eigenvalue weighted by Gasteiger charge is 2.29. The molecule has 1 aliphatic heterocycles. The first-order chi connectivity index (χ1) is 14.2. The lowest BCUT2D eigenvalue weighted by atomic mass is 10.1. The number of fused-ring (bicyclic) bond motifs is 3. The van der Waals surface area contributed by atoms with Gasteiger partial charge in [0.2, 0.25) is 0 Å². The Labute approximate surface area is 169 Å². The van der Waals surface area contributed by atoms with Gasteiger partial charge in [0.05, 0.1) is 22.6 Å². The van der Waals surface area contributed by atoms with Crippen LogP contribution in [0.5, 0.6) is 0 Å². The van der Waals surface area contributed by atoms with Crippen LogP contribution >= 0.6 is 11.3 Å². The van der Waals surface area contributed by atoms with E-state index in [1.807, 2.05) is 29.0 Å². The van der Waals surface area contributed by atoms with E-state index >= 15 is 0 Å². The molecule has 0 saturated carbocycles. The topological polar surface area (TPSA) is 107 Å². The average molecular weight is 399 g/mol. The SMILES string of the molecule is [N-]=[N+]=Nc1cccc(N2C(=O)NCc3cnc4ccc(-c5ccsc5)nc4c32)c1. The highest BCUT2D eigenvalue weighted by Crippen LogP contribution is 2.38. The van der Waals surface area contributed by atoms with E-state index in [-0.39, 0.29) is 6.03 Å². The Hall–Kier alpha value is -3.94. The number of thiophene rings is 1. The molecule has 3 aromatic heterocycles. The number of nitrogens with one attached hydrogen (secondary N) is 1. The summed E-state index contributed by atoms with van der Waals surface area (Å²) in [6, 6.07) is 12.5. The summed E-state index contributed by atoms with van der Waals surface area (Å²) >= 11 is 1.60. The fourth-order valence-electron chi connectivity index (χ4n) is 3.38. The summed E-state index contributed by atoms with van der Waals surface area (Å²) in [6.07, 6.45) is 1.76. The van der Waals surface area contributed by atoms with E-state index in [4.69, 9.17) is 10.5 Å². The van der Waals surface area contributed by atoms with Crippen LogP contribution in [0.4, 0.5) is 21.9 Å². The molecule has 140 valence electrons. The van der Waals surface area contributed by atoms with E-state index < -0.39 is 0 Å². The third-order valence-corrected chi connectivity index (χ3v) is 5.37. The molecule has 0 spiro atoms. The normalized spacial score (nSPS) is 13.0. The fourth-order valence-corrected chi connectivity index (χ4v) is 4.03. The molecular weight excluding hydrogens is 386 g/mol. The Morgan fingerprint density at radius 1 is 1.24 bits per heavy atom. The minimum Gasteiger partial charge on any atom is -0.333 e. The van der Waals surface area contributed by atoms with Crippen LogP contribution in [0.1, 0.15) is 5.56 Å². The zero-order valence-electron chi connectivity index (χ0n) is 15.0. The molecule has 8 nitrogen and oxygen atoms in total. The summed E-state index contributed by atoms with van der Waals surface area (Å²) in [5, 5.41) is 10.5. The summed E-state index contributed by atoms with van der Waals surface area (Å²) < 4.78 is 0. The number of aromatic nitrogens is 2. The minimum atomic E-state index is -0.272. The van der Waals surface area contributed by atoms with Crippen LogP contribution < -0.4 is 10.2 Å². The molecule has 0 saturated heterocycles. The maximum Gasteiger partial charge on any atom is 0.326 e. The van der Waals surface area contributed by atoms with Crippen molar-refractivity contribution in [2.75, 3.05) is 4.90 Å². The fraction of sp³-hybridized carbons (Fsp3) is 0.0500. The average Bonchev–Trinajstić information content (AvgIpc) is 3.28. The van der Waals surface area contributed by atoms with Gasteiger partial charge in [-0.2, -0.15) is 11.3 Å². The van der Waals surface area contributed by atoms with E-state index in [9.17, 15) is 4.79 Å². The van der Waals surface area contributed by atoms with Crippen LogP contribution in [0.15, 0.2) is 64.5 Å². The molecule has 1 N–H and O–H groups in total. The van der Waals surface area contributed by atoms with Crippen molar-refractivity contribution in [3.63, 3.8) is 0 Å². The first kappa shape index (κ1) is 17.2. The Kier molecular flexibility index (Phi) is 4.09. The van der Waals surface area contributed by atoms with Crippen molar-refractivity contribution >= 4 is 45.5 Å². The number of benzene rings is 1. The summed E-state index contributed by atoms with van der Waals surface area (Å²) in [7, 11) is 0. The lowest BCUT2D eigenvalue weighted by Crippen LogP contribution is -2.41. The number of nitrogens with zero attached hydrogens (tertiary/aromatic N) is 6. The smallest absolute Gasteiger partial charge is 0.326 e. The van der Waals surface area contributed by atoms with Crippen molar-refractivity contribution in [3.8, 4) is 11.3 Å². The van der Waals surface area contributed by atoms with Gasteiger partial charge < -0.3 is 5.32 Å². The zero-order chi connectivity index (χ0) is 19.8. The van der Waals surface area contributed by atoms with Gasteiger partial charge in [0, 0.05) is 39.8 Å². The highest BCUT2D eigenvalue weighted by atomic mass is 32.1. The van der Waals surface area contributed by atoms with Gasteiger partial charge in [-0.1, -0.05) is 17.2 Å². The molecule has 0 aliphatic carbocycles. The van der Waals surface area contributed by atoms with Crippen molar-refractivity contribution in [1.82, 2.24) is 15.3 Å². The second kappa shape index (κ2) is 6.90. The molecule has 0 bridgehead atoms. The molecule has 0 atom stereocenters. The van der Waals surface area contributed by atoms with E-state index in [2.05, 4.69) is 20.3 Å². The number of azide groups is 1. The molecule has 1 aromatic carbocycles. The number of carbonyl (C=O) groups excluding carboxylic acids is 1. The molecule has 1 aliphatic rings. The summed E-state index contributed by atoms with van der Waals surface area (Å²) in [5.41, 5.74) is 14.5. The summed E-state index contributed by atoms with van der Waals surface area (Å²) in [4.78, 5) is 26.6. The Balaban J connectivity index is 1.75. The van der Waals surface area contributed by atoms with Crippen molar-refractivity contribution in [2.24, 2.45) is 5.11 Å². The monoisotopic (exact) mass is 399 g/mol. The standard InChI is InChI=1S/C20H13N7OS/c21-26-25-14-2-1-3-15(8-14)27-19-13(10-23-20(27)28)9-22-17-5-4-16(24-18(17)19)12-6-7-29-11-12/h1-9,11H,10H2,(H,23,28). The van der Waals surface area contributed by atoms with Gasteiger partial charge in [0.15, 0.2) is 0 Å². The largest absolute Gasteiger partial charge is 0.333 e. The van der Waals surface area contributed by atoms with Crippen molar-refractivity contribution in [3.05, 3.63) is 75.4 Å². The quantitative estimate of drug-likeness (QED) is 0.273. The Bertz CT molecular complexity index is 1300. The first-order valence-corrected chi connectivity index (χ1v) is 9.73. The van der Waals surface area contributed by atoms with Crippen molar-refractivity contribution in [1.29, 1.82) is 0 Å². The number of amides is 2. The predicted molar refractivity (Wildman–Crippen MR) is 112 cm³/mol. The number of carbonyl (C=O) groups is 1.